The number of rotatable bonds is 4. The summed E-state index contributed by atoms with van der Waals surface area (Å²) >= 11 is 1.84. The molecule has 2 aromatic rings. The Morgan fingerprint density at radius 2 is 1.77 bits per heavy atom. The lowest BCUT2D eigenvalue weighted by molar-refractivity contribution is -0.125. The molecule has 0 aromatic heterocycles. The number of para-hydroxylation sites is 1. The SMILES string of the molecule is Cc1ccc2c(c1)N(CCCN1CCC3(CC1)NC(=O)NC3=O)c1ccccc1S2. The van der Waals surface area contributed by atoms with Crippen LogP contribution in [-0.4, -0.2) is 48.6 Å². The molecular formula is C23H26N4O2S. The molecule has 30 heavy (non-hydrogen) atoms. The van der Waals surface area contributed by atoms with Crippen LogP contribution in [0.3, 0.4) is 0 Å². The number of benzene rings is 2. The summed E-state index contributed by atoms with van der Waals surface area (Å²) in [4.78, 5) is 31.1. The van der Waals surface area contributed by atoms with Crippen molar-refractivity contribution in [3.63, 3.8) is 0 Å². The lowest BCUT2D eigenvalue weighted by atomic mass is 9.87. The summed E-state index contributed by atoms with van der Waals surface area (Å²) in [6.07, 6.45) is 2.39. The molecule has 0 unspecified atom stereocenters. The van der Waals surface area contributed by atoms with Crippen LogP contribution in [0.5, 0.6) is 0 Å². The average molecular weight is 423 g/mol. The minimum absolute atomic E-state index is 0.165. The molecule has 0 saturated carbocycles. The summed E-state index contributed by atoms with van der Waals surface area (Å²) in [5.41, 5.74) is 3.16. The Morgan fingerprint density at radius 3 is 2.53 bits per heavy atom. The van der Waals surface area contributed by atoms with Gasteiger partial charge in [-0.3, -0.25) is 10.1 Å². The summed E-state index contributed by atoms with van der Waals surface area (Å²) in [6.45, 7) is 5.74. The van der Waals surface area contributed by atoms with Crippen molar-refractivity contribution in [3.8, 4) is 0 Å². The van der Waals surface area contributed by atoms with Crippen molar-refractivity contribution in [1.29, 1.82) is 0 Å². The van der Waals surface area contributed by atoms with Gasteiger partial charge in [0.25, 0.3) is 5.91 Å². The fourth-order valence-electron chi connectivity index (χ4n) is 4.67. The van der Waals surface area contributed by atoms with Gasteiger partial charge in [-0.1, -0.05) is 30.0 Å². The third kappa shape index (κ3) is 3.46. The number of piperidine rings is 1. The van der Waals surface area contributed by atoms with Crippen molar-refractivity contribution in [1.82, 2.24) is 15.5 Å². The minimum atomic E-state index is -0.687. The van der Waals surface area contributed by atoms with Crippen molar-refractivity contribution >= 4 is 35.1 Å². The summed E-state index contributed by atoms with van der Waals surface area (Å²) in [5, 5.41) is 5.22. The van der Waals surface area contributed by atoms with E-state index in [0.29, 0.717) is 12.8 Å². The van der Waals surface area contributed by atoms with Gasteiger partial charge in [-0.05, 0) is 62.6 Å². The highest BCUT2D eigenvalue weighted by Crippen LogP contribution is 2.48. The van der Waals surface area contributed by atoms with Gasteiger partial charge >= 0.3 is 6.03 Å². The molecule has 2 fully saturated rings. The third-order valence-corrected chi connectivity index (χ3v) is 7.49. The van der Waals surface area contributed by atoms with Gasteiger partial charge in [-0.2, -0.15) is 0 Å². The number of nitrogens with zero attached hydrogens (tertiary/aromatic N) is 2. The van der Waals surface area contributed by atoms with Gasteiger partial charge in [0.1, 0.15) is 5.54 Å². The maximum absolute atomic E-state index is 12.1. The van der Waals surface area contributed by atoms with Crippen molar-refractivity contribution < 1.29 is 9.59 Å². The van der Waals surface area contributed by atoms with Gasteiger partial charge < -0.3 is 15.1 Å². The number of nitrogens with one attached hydrogen (secondary N) is 2. The molecule has 3 aliphatic rings. The van der Waals surface area contributed by atoms with Crippen LogP contribution in [0.4, 0.5) is 16.2 Å². The lowest BCUT2D eigenvalue weighted by Crippen LogP contribution is -2.54. The topological polar surface area (TPSA) is 64.7 Å². The van der Waals surface area contributed by atoms with E-state index in [1.54, 1.807) is 0 Å². The molecule has 2 saturated heterocycles. The number of hydrogen-bond donors (Lipinski definition) is 2. The zero-order valence-electron chi connectivity index (χ0n) is 17.1. The number of urea groups is 1. The van der Waals surface area contributed by atoms with Gasteiger partial charge in [-0.15, -0.1) is 0 Å². The molecular weight excluding hydrogens is 396 g/mol. The molecule has 156 valence electrons. The quantitative estimate of drug-likeness (QED) is 0.736. The predicted octanol–water partition coefficient (Wildman–Crippen LogP) is 3.66. The number of amides is 3. The second-order valence-corrected chi connectivity index (χ2v) is 9.46. The van der Waals surface area contributed by atoms with Crippen LogP contribution < -0.4 is 15.5 Å². The van der Waals surface area contributed by atoms with E-state index in [-0.39, 0.29) is 11.9 Å². The third-order valence-electron chi connectivity index (χ3n) is 6.36. The first-order valence-electron chi connectivity index (χ1n) is 10.6. The molecule has 0 aliphatic carbocycles. The van der Waals surface area contributed by atoms with Crippen LogP contribution in [0.2, 0.25) is 0 Å². The maximum Gasteiger partial charge on any atom is 0.322 e. The molecule has 3 aliphatic heterocycles. The summed E-state index contributed by atoms with van der Waals surface area (Å²) < 4.78 is 0. The van der Waals surface area contributed by atoms with Crippen molar-refractivity contribution in [2.24, 2.45) is 0 Å². The van der Waals surface area contributed by atoms with Crippen LogP contribution in [0, 0.1) is 6.92 Å². The Balaban J connectivity index is 1.24. The standard InChI is InChI=1S/C23H26N4O2S/c1-16-7-8-20-18(15-16)27(17-5-2-3-6-19(17)30-20)12-4-11-26-13-9-23(10-14-26)21(28)24-22(29)25-23/h2-3,5-8,15H,4,9-14H2,1H3,(H2,24,25,28,29). The zero-order chi connectivity index (χ0) is 20.7. The smallest absolute Gasteiger partial charge is 0.322 e. The van der Waals surface area contributed by atoms with Crippen LogP contribution in [0.15, 0.2) is 52.3 Å². The van der Waals surface area contributed by atoms with Gasteiger partial charge in [0.05, 0.1) is 11.4 Å². The number of carbonyl (C=O) groups is 2. The highest BCUT2D eigenvalue weighted by Gasteiger charge is 2.47. The van der Waals surface area contributed by atoms with Crippen LogP contribution >= 0.6 is 11.8 Å². The first-order chi connectivity index (χ1) is 14.5. The number of hydrogen-bond acceptors (Lipinski definition) is 5. The largest absolute Gasteiger partial charge is 0.340 e. The van der Waals surface area contributed by atoms with E-state index in [1.165, 1.54) is 26.7 Å². The maximum atomic E-state index is 12.1. The molecule has 5 rings (SSSR count). The lowest BCUT2D eigenvalue weighted by Gasteiger charge is -2.38. The number of fused-ring (bicyclic) bond motifs is 2. The molecule has 0 bridgehead atoms. The highest BCUT2D eigenvalue weighted by molar-refractivity contribution is 7.99. The van der Waals surface area contributed by atoms with Crippen molar-refractivity contribution in [3.05, 3.63) is 48.0 Å². The van der Waals surface area contributed by atoms with E-state index >= 15 is 0 Å². The van der Waals surface area contributed by atoms with E-state index < -0.39 is 5.54 Å². The van der Waals surface area contributed by atoms with Crippen molar-refractivity contribution in [2.45, 2.75) is 41.5 Å². The van der Waals surface area contributed by atoms with E-state index in [1.807, 2.05) is 11.8 Å². The fraction of sp³-hybridized carbons (Fsp3) is 0.391. The number of imide groups is 1. The van der Waals surface area contributed by atoms with E-state index in [9.17, 15) is 9.59 Å². The monoisotopic (exact) mass is 422 g/mol. The zero-order valence-corrected chi connectivity index (χ0v) is 17.9. The van der Waals surface area contributed by atoms with Crippen LogP contribution in [-0.2, 0) is 4.79 Å². The van der Waals surface area contributed by atoms with Gasteiger partial charge in [0.2, 0.25) is 0 Å². The first-order valence-corrected chi connectivity index (χ1v) is 11.4. The predicted molar refractivity (Wildman–Crippen MR) is 118 cm³/mol. The molecule has 7 heteroatoms. The Hall–Kier alpha value is -2.51. The van der Waals surface area contributed by atoms with E-state index in [0.717, 1.165) is 32.6 Å². The molecule has 3 heterocycles. The number of likely N-dealkylation sites (tertiary alicyclic amines) is 1. The molecule has 1 spiro atoms. The molecule has 2 N–H and O–H groups in total. The molecule has 3 amide bonds. The van der Waals surface area contributed by atoms with Gasteiger partial charge in [-0.25, -0.2) is 4.79 Å². The van der Waals surface area contributed by atoms with Crippen LogP contribution in [0.25, 0.3) is 0 Å². The Bertz CT molecular complexity index is 1000. The Labute approximate surface area is 181 Å². The normalized spacial score (nSPS) is 20.0. The molecule has 0 radical (unpaired) electrons. The summed E-state index contributed by atoms with van der Waals surface area (Å²) in [7, 11) is 0. The van der Waals surface area contributed by atoms with Gasteiger partial charge in [0, 0.05) is 29.4 Å². The van der Waals surface area contributed by atoms with Gasteiger partial charge in [0.15, 0.2) is 0 Å². The Morgan fingerprint density at radius 1 is 1.00 bits per heavy atom. The van der Waals surface area contributed by atoms with E-state index in [4.69, 9.17) is 0 Å². The highest BCUT2D eigenvalue weighted by atomic mass is 32.2. The molecule has 2 aromatic carbocycles. The second-order valence-electron chi connectivity index (χ2n) is 8.38. The van der Waals surface area contributed by atoms with Crippen molar-refractivity contribution in [2.75, 3.05) is 31.1 Å². The fourth-order valence-corrected chi connectivity index (χ4v) is 5.75. The Kier molecular flexibility index (Phi) is 4.95. The summed E-state index contributed by atoms with van der Waals surface area (Å²) in [5.74, 6) is -0.165. The average Bonchev–Trinajstić information content (AvgIpc) is 3.02. The molecule has 6 nitrogen and oxygen atoms in total. The first kappa shape index (κ1) is 19.5. The summed E-state index contributed by atoms with van der Waals surface area (Å²) in [6, 6.07) is 14.9. The minimum Gasteiger partial charge on any atom is -0.340 e. The number of aryl methyl sites for hydroxylation is 1. The number of carbonyl (C=O) groups excluding carboxylic acids is 2. The second kappa shape index (κ2) is 7.63. The van der Waals surface area contributed by atoms with E-state index in [2.05, 4.69) is 69.8 Å². The van der Waals surface area contributed by atoms with Crippen LogP contribution in [0.1, 0.15) is 24.8 Å². The number of anilines is 2. The molecule has 0 atom stereocenters.